The number of furan rings is 1. The van der Waals surface area contributed by atoms with E-state index in [0.29, 0.717) is 17.4 Å². The lowest BCUT2D eigenvalue weighted by molar-refractivity contribution is 0.233. The second-order valence-electron chi connectivity index (χ2n) is 5.96. The third-order valence-electron chi connectivity index (χ3n) is 3.92. The number of nitrogens with one attached hydrogen (secondary N) is 2. The number of benzene rings is 1. The summed E-state index contributed by atoms with van der Waals surface area (Å²) in [6.45, 7) is 0.412. The number of aromatic nitrogens is 4. The van der Waals surface area contributed by atoms with Gasteiger partial charge in [0.25, 0.3) is 0 Å². The van der Waals surface area contributed by atoms with Crippen molar-refractivity contribution in [2.45, 2.75) is 11.2 Å². The molecule has 0 aliphatic carbocycles. The van der Waals surface area contributed by atoms with E-state index in [0.717, 1.165) is 11.4 Å². The van der Waals surface area contributed by atoms with Crippen molar-refractivity contribution in [1.29, 1.82) is 0 Å². The van der Waals surface area contributed by atoms with Gasteiger partial charge in [-0.3, -0.25) is 4.90 Å². The highest BCUT2D eigenvalue weighted by Gasteiger charge is 2.18. The summed E-state index contributed by atoms with van der Waals surface area (Å²) in [5.74, 6) is 0.797. The van der Waals surface area contributed by atoms with Gasteiger partial charge in [0, 0.05) is 12.2 Å². The maximum Gasteiger partial charge on any atom is 0.319 e. The topological polar surface area (TPSA) is 101 Å². The van der Waals surface area contributed by atoms with Gasteiger partial charge in [-0.2, -0.15) is 4.68 Å². The summed E-state index contributed by atoms with van der Waals surface area (Å²) in [7, 11) is 3.87. The van der Waals surface area contributed by atoms with Crippen molar-refractivity contribution in [3.8, 4) is 5.69 Å². The molecule has 142 valence electrons. The van der Waals surface area contributed by atoms with E-state index in [-0.39, 0.29) is 12.1 Å². The van der Waals surface area contributed by atoms with Gasteiger partial charge in [-0.05, 0) is 61.1 Å². The van der Waals surface area contributed by atoms with Crippen LogP contribution in [-0.2, 0) is 0 Å². The molecule has 2 amide bonds. The molecule has 1 atom stereocenters. The lowest BCUT2D eigenvalue weighted by Gasteiger charge is -2.22. The Kier molecular flexibility index (Phi) is 6.09. The summed E-state index contributed by atoms with van der Waals surface area (Å²) in [5, 5.41) is 18.0. The predicted octanol–water partition coefficient (Wildman–Crippen LogP) is 2.40. The molecule has 3 rings (SSSR count). The van der Waals surface area contributed by atoms with Gasteiger partial charge in [-0.15, -0.1) is 5.10 Å². The van der Waals surface area contributed by atoms with Gasteiger partial charge >= 0.3 is 6.03 Å². The van der Waals surface area contributed by atoms with E-state index < -0.39 is 0 Å². The summed E-state index contributed by atoms with van der Waals surface area (Å²) in [6.07, 6.45) is 3.52. The number of amides is 2. The van der Waals surface area contributed by atoms with Crippen molar-refractivity contribution < 1.29 is 9.21 Å². The third-order valence-corrected chi connectivity index (χ3v) is 4.54. The van der Waals surface area contributed by atoms with Crippen LogP contribution in [0, 0.1) is 0 Å². The molecule has 3 aromatic rings. The number of likely N-dealkylation sites (N-methyl/N-ethyl adjacent to an activating group) is 1. The molecule has 0 fully saturated rings. The molecule has 0 radical (unpaired) electrons. The normalized spacial score (nSPS) is 12.1. The largest absolute Gasteiger partial charge is 0.468 e. The molecule has 2 heterocycles. The number of rotatable bonds is 7. The fraction of sp³-hybridized carbons (Fsp3) is 0.294. The van der Waals surface area contributed by atoms with E-state index in [9.17, 15) is 4.79 Å². The molecule has 2 N–H and O–H groups in total. The summed E-state index contributed by atoms with van der Waals surface area (Å²) in [5.41, 5.74) is 1.41. The molecule has 0 bridgehead atoms. The molecule has 0 spiro atoms. The van der Waals surface area contributed by atoms with Gasteiger partial charge in [-0.25, -0.2) is 4.79 Å². The standard InChI is InChI=1S/C17H21N7O2S/c1-23(2)14(15-8-5-9-26-15)11-18-16(25)19-12-6-4-7-13(10-12)24-17(27-3)20-21-22-24/h4-10,14H,11H2,1-3H3,(H2,18,19,25). The van der Waals surface area contributed by atoms with Crippen LogP contribution in [0.5, 0.6) is 0 Å². The molecule has 2 aromatic heterocycles. The summed E-state index contributed by atoms with van der Waals surface area (Å²) in [4.78, 5) is 14.3. The van der Waals surface area contributed by atoms with E-state index >= 15 is 0 Å². The van der Waals surface area contributed by atoms with Crippen LogP contribution in [0.1, 0.15) is 11.8 Å². The fourth-order valence-electron chi connectivity index (χ4n) is 2.57. The number of anilines is 1. The second-order valence-corrected chi connectivity index (χ2v) is 6.73. The molecule has 0 aliphatic heterocycles. The van der Waals surface area contributed by atoms with Crippen LogP contribution in [0.4, 0.5) is 10.5 Å². The predicted molar refractivity (Wildman–Crippen MR) is 103 cm³/mol. The maximum atomic E-state index is 12.3. The van der Waals surface area contributed by atoms with E-state index in [2.05, 4.69) is 26.2 Å². The Morgan fingerprint density at radius 2 is 2.19 bits per heavy atom. The van der Waals surface area contributed by atoms with Crippen molar-refractivity contribution in [3.63, 3.8) is 0 Å². The van der Waals surface area contributed by atoms with E-state index in [1.165, 1.54) is 11.8 Å². The van der Waals surface area contributed by atoms with Crippen LogP contribution >= 0.6 is 11.8 Å². The number of hydrogen-bond acceptors (Lipinski definition) is 7. The summed E-state index contributed by atoms with van der Waals surface area (Å²) < 4.78 is 7.07. The first-order chi connectivity index (χ1) is 13.1. The van der Waals surface area contributed by atoms with Gasteiger partial charge in [0.05, 0.1) is 18.0 Å². The van der Waals surface area contributed by atoms with Crippen LogP contribution in [0.3, 0.4) is 0 Å². The van der Waals surface area contributed by atoms with Gasteiger partial charge in [0.1, 0.15) is 5.76 Å². The van der Waals surface area contributed by atoms with Gasteiger partial charge in [-0.1, -0.05) is 17.8 Å². The van der Waals surface area contributed by atoms with E-state index in [1.54, 1.807) is 10.9 Å². The highest BCUT2D eigenvalue weighted by Crippen LogP contribution is 2.19. The minimum Gasteiger partial charge on any atom is -0.468 e. The number of thioether (sulfide) groups is 1. The average molecular weight is 387 g/mol. The zero-order valence-electron chi connectivity index (χ0n) is 15.3. The zero-order valence-corrected chi connectivity index (χ0v) is 16.1. The molecule has 27 heavy (non-hydrogen) atoms. The number of carbonyl (C=O) groups excluding carboxylic acids is 1. The molecule has 1 unspecified atom stereocenters. The van der Waals surface area contributed by atoms with Crippen LogP contribution in [0.15, 0.2) is 52.2 Å². The smallest absolute Gasteiger partial charge is 0.319 e. The molecule has 0 saturated carbocycles. The van der Waals surface area contributed by atoms with Gasteiger partial charge in [0.15, 0.2) is 0 Å². The fourth-order valence-corrected chi connectivity index (χ4v) is 3.00. The molecular formula is C17H21N7O2S. The summed E-state index contributed by atoms with van der Waals surface area (Å²) in [6, 6.07) is 10.7. The Bertz CT molecular complexity index is 879. The zero-order chi connectivity index (χ0) is 19.2. The quantitative estimate of drug-likeness (QED) is 0.600. The molecule has 0 saturated heterocycles. The van der Waals surface area contributed by atoms with Crippen LogP contribution in [0.25, 0.3) is 5.69 Å². The SMILES string of the molecule is CSc1nnnn1-c1cccc(NC(=O)NCC(c2ccco2)N(C)C)c1. The Morgan fingerprint density at radius 1 is 1.33 bits per heavy atom. The Hall–Kier alpha value is -2.85. The van der Waals surface area contributed by atoms with E-state index in [4.69, 9.17) is 4.42 Å². The minimum absolute atomic E-state index is 0.0533. The third kappa shape index (κ3) is 4.66. The van der Waals surface area contributed by atoms with Gasteiger partial charge < -0.3 is 15.1 Å². The van der Waals surface area contributed by atoms with Gasteiger partial charge in [0.2, 0.25) is 5.16 Å². The first-order valence-corrected chi connectivity index (χ1v) is 9.48. The van der Waals surface area contributed by atoms with Crippen LogP contribution in [0.2, 0.25) is 0 Å². The maximum absolute atomic E-state index is 12.3. The van der Waals surface area contributed by atoms with Crippen molar-refractivity contribution in [1.82, 2.24) is 30.4 Å². The number of tetrazole rings is 1. The molecular weight excluding hydrogens is 366 g/mol. The Balaban J connectivity index is 1.63. The molecule has 0 aliphatic rings. The average Bonchev–Trinajstić information content (AvgIpc) is 3.33. The number of hydrogen-bond donors (Lipinski definition) is 2. The molecule has 10 heteroatoms. The van der Waals surface area contributed by atoms with Crippen LogP contribution in [-0.4, -0.2) is 58.0 Å². The Labute approximate surface area is 161 Å². The summed E-state index contributed by atoms with van der Waals surface area (Å²) >= 11 is 1.44. The van der Waals surface area contributed by atoms with Crippen molar-refractivity contribution >= 4 is 23.5 Å². The highest BCUT2D eigenvalue weighted by atomic mass is 32.2. The van der Waals surface area contributed by atoms with Crippen LogP contribution < -0.4 is 10.6 Å². The first kappa shape index (κ1) is 18.9. The van der Waals surface area contributed by atoms with Crippen molar-refractivity contribution in [3.05, 3.63) is 48.4 Å². The Morgan fingerprint density at radius 3 is 2.89 bits per heavy atom. The number of carbonyl (C=O) groups is 1. The lowest BCUT2D eigenvalue weighted by Crippen LogP contribution is -2.36. The monoisotopic (exact) mass is 387 g/mol. The molecule has 9 nitrogen and oxygen atoms in total. The number of nitrogens with zero attached hydrogens (tertiary/aromatic N) is 5. The minimum atomic E-state index is -0.299. The molecule has 1 aromatic carbocycles. The van der Waals surface area contributed by atoms with Crippen molar-refractivity contribution in [2.24, 2.45) is 0 Å². The number of urea groups is 1. The second kappa shape index (κ2) is 8.69. The van der Waals surface area contributed by atoms with Crippen molar-refractivity contribution in [2.75, 3.05) is 32.2 Å². The first-order valence-electron chi connectivity index (χ1n) is 8.26. The van der Waals surface area contributed by atoms with E-state index in [1.807, 2.05) is 61.6 Å². The highest BCUT2D eigenvalue weighted by molar-refractivity contribution is 7.98. The lowest BCUT2D eigenvalue weighted by atomic mass is 10.2.